The van der Waals surface area contributed by atoms with E-state index < -0.39 is 11.7 Å². The topological polar surface area (TPSA) is 29.9 Å². The summed E-state index contributed by atoms with van der Waals surface area (Å²) >= 11 is 0. The number of alkyl halides is 3. The van der Waals surface area contributed by atoms with Gasteiger partial charge in [0, 0.05) is 24.0 Å². The average Bonchev–Trinajstić information content (AvgIpc) is 2.88. The minimum Gasteiger partial charge on any atom is -0.378 e. The van der Waals surface area contributed by atoms with Gasteiger partial charge in [-0.05, 0) is 38.5 Å². The van der Waals surface area contributed by atoms with Crippen LogP contribution in [0.1, 0.15) is 36.6 Å². The maximum Gasteiger partial charge on any atom is 0.416 e. The van der Waals surface area contributed by atoms with Gasteiger partial charge >= 0.3 is 6.18 Å². The van der Waals surface area contributed by atoms with Gasteiger partial charge in [0.2, 0.25) is 0 Å². The number of benzene rings is 1. The Labute approximate surface area is 121 Å². The Morgan fingerprint density at radius 3 is 2.62 bits per heavy atom. The lowest BCUT2D eigenvalue weighted by molar-refractivity contribution is -0.137. The van der Waals surface area contributed by atoms with E-state index in [4.69, 9.17) is 0 Å². The Kier molecular flexibility index (Phi) is 4.25. The van der Waals surface area contributed by atoms with Crippen molar-refractivity contribution in [1.29, 1.82) is 0 Å². The molecule has 0 saturated heterocycles. The number of anilines is 1. The summed E-state index contributed by atoms with van der Waals surface area (Å²) in [6.07, 6.45) is -0.717. The standard InChI is InChI=1S/C15H18F3N3/c1-4-21-9-12(8-19-21)11(3)20-14-7-13(15(16,17)18)6-5-10(14)2/h5-9,11,20H,4H2,1-3H3. The van der Waals surface area contributed by atoms with Crippen LogP contribution >= 0.6 is 0 Å². The molecular formula is C15H18F3N3. The van der Waals surface area contributed by atoms with Gasteiger partial charge in [0.25, 0.3) is 0 Å². The van der Waals surface area contributed by atoms with Crippen molar-refractivity contribution in [1.82, 2.24) is 9.78 Å². The van der Waals surface area contributed by atoms with Crippen LogP contribution in [0.2, 0.25) is 0 Å². The summed E-state index contributed by atoms with van der Waals surface area (Å²) < 4.78 is 40.1. The van der Waals surface area contributed by atoms with Crippen molar-refractivity contribution in [3.05, 3.63) is 47.3 Å². The number of hydrogen-bond acceptors (Lipinski definition) is 2. The molecule has 0 bridgehead atoms. The molecule has 2 rings (SSSR count). The summed E-state index contributed by atoms with van der Waals surface area (Å²) in [4.78, 5) is 0. The average molecular weight is 297 g/mol. The van der Waals surface area contributed by atoms with Gasteiger partial charge in [0.05, 0.1) is 17.8 Å². The highest BCUT2D eigenvalue weighted by Crippen LogP contribution is 2.33. The van der Waals surface area contributed by atoms with Gasteiger partial charge in [0.15, 0.2) is 0 Å². The third-order valence-electron chi connectivity index (χ3n) is 3.41. The summed E-state index contributed by atoms with van der Waals surface area (Å²) in [5.41, 5.74) is 1.56. The number of nitrogens with one attached hydrogen (secondary N) is 1. The predicted molar refractivity (Wildman–Crippen MR) is 76.1 cm³/mol. The van der Waals surface area contributed by atoms with E-state index in [1.807, 2.05) is 20.0 Å². The zero-order chi connectivity index (χ0) is 15.6. The van der Waals surface area contributed by atoms with E-state index in [-0.39, 0.29) is 6.04 Å². The van der Waals surface area contributed by atoms with Crippen LogP contribution in [0.4, 0.5) is 18.9 Å². The number of halogens is 3. The van der Waals surface area contributed by atoms with Gasteiger partial charge < -0.3 is 5.32 Å². The Bertz CT molecular complexity index is 617. The van der Waals surface area contributed by atoms with Gasteiger partial charge in [-0.3, -0.25) is 4.68 Å². The van der Waals surface area contributed by atoms with Crippen LogP contribution in [-0.4, -0.2) is 9.78 Å². The van der Waals surface area contributed by atoms with E-state index in [1.54, 1.807) is 17.8 Å². The molecular weight excluding hydrogens is 279 g/mol. The van der Waals surface area contributed by atoms with Gasteiger partial charge in [-0.1, -0.05) is 6.07 Å². The fraction of sp³-hybridized carbons (Fsp3) is 0.400. The first kappa shape index (κ1) is 15.4. The first-order chi connectivity index (χ1) is 9.81. The summed E-state index contributed by atoms with van der Waals surface area (Å²) in [6.45, 7) is 6.42. The molecule has 6 heteroatoms. The number of hydrogen-bond donors (Lipinski definition) is 1. The summed E-state index contributed by atoms with van der Waals surface area (Å²) in [5.74, 6) is 0. The number of aromatic nitrogens is 2. The molecule has 0 spiro atoms. The van der Waals surface area contributed by atoms with Gasteiger partial charge in [0.1, 0.15) is 0 Å². The van der Waals surface area contributed by atoms with Crippen molar-refractivity contribution in [2.45, 2.75) is 39.5 Å². The van der Waals surface area contributed by atoms with Crippen LogP contribution in [0.5, 0.6) is 0 Å². The smallest absolute Gasteiger partial charge is 0.378 e. The molecule has 1 heterocycles. The summed E-state index contributed by atoms with van der Waals surface area (Å²) in [5, 5.41) is 7.30. The van der Waals surface area contributed by atoms with Crippen molar-refractivity contribution in [2.75, 3.05) is 5.32 Å². The van der Waals surface area contributed by atoms with E-state index in [9.17, 15) is 13.2 Å². The van der Waals surface area contributed by atoms with Crippen LogP contribution in [0, 0.1) is 6.92 Å². The number of aryl methyl sites for hydroxylation is 2. The molecule has 0 amide bonds. The fourth-order valence-corrected chi connectivity index (χ4v) is 2.05. The maximum absolute atomic E-state index is 12.8. The molecule has 0 saturated carbocycles. The van der Waals surface area contributed by atoms with Crippen molar-refractivity contribution in [3.63, 3.8) is 0 Å². The van der Waals surface area contributed by atoms with E-state index in [0.717, 1.165) is 29.8 Å². The molecule has 0 fully saturated rings. The highest BCUT2D eigenvalue weighted by Gasteiger charge is 2.30. The highest BCUT2D eigenvalue weighted by molar-refractivity contribution is 5.54. The van der Waals surface area contributed by atoms with Crippen LogP contribution in [0.25, 0.3) is 0 Å². The summed E-state index contributed by atoms with van der Waals surface area (Å²) in [7, 11) is 0. The second-order valence-electron chi connectivity index (χ2n) is 5.02. The molecule has 1 aromatic heterocycles. The monoisotopic (exact) mass is 297 g/mol. The minimum atomic E-state index is -4.33. The lowest BCUT2D eigenvalue weighted by Crippen LogP contribution is -2.10. The first-order valence-corrected chi connectivity index (χ1v) is 6.78. The van der Waals surface area contributed by atoms with Crippen molar-refractivity contribution in [3.8, 4) is 0 Å². The third-order valence-corrected chi connectivity index (χ3v) is 3.41. The Hall–Kier alpha value is -1.98. The lowest BCUT2D eigenvalue weighted by Gasteiger charge is -2.17. The third kappa shape index (κ3) is 3.56. The molecule has 0 radical (unpaired) electrons. The SMILES string of the molecule is CCn1cc(C(C)Nc2cc(C(F)(F)F)ccc2C)cn1. The van der Waals surface area contributed by atoms with Gasteiger partial charge in [-0.15, -0.1) is 0 Å². The Balaban J connectivity index is 2.22. The molecule has 3 nitrogen and oxygen atoms in total. The minimum absolute atomic E-state index is 0.118. The highest BCUT2D eigenvalue weighted by atomic mass is 19.4. The second-order valence-corrected chi connectivity index (χ2v) is 5.02. The van der Waals surface area contributed by atoms with Crippen molar-refractivity contribution in [2.24, 2.45) is 0 Å². The molecule has 1 unspecified atom stereocenters. The predicted octanol–water partition coefficient (Wildman–Crippen LogP) is 4.40. The fourth-order valence-electron chi connectivity index (χ4n) is 2.05. The molecule has 114 valence electrons. The first-order valence-electron chi connectivity index (χ1n) is 6.78. The van der Waals surface area contributed by atoms with E-state index in [1.165, 1.54) is 6.07 Å². The molecule has 1 N–H and O–H groups in total. The van der Waals surface area contributed by atoms with Crippen molar-refractivity contribution >= 4 is 5.69 Å². The molecule has 1 atom stereocenters. The van der Waals surface area contributed by atoms with Crippen LogP contribution in [0.3, 0.4) is 0 Å². The molecule has 2 aromatic rings. The molecule has 0 aliphatic heterocycles. The zero-order valence-corrected chi connectivity index (χ0v) is 12.2. The van der Waals surface area contributed by atoms with E-state index in [0.29, 0.717) is 5.69 Å². The summed E-state index contributed by atoms with van der Waals surface area (Å²) in [6, 6.07) is 3.61. The largest absolute Gasteiger partial charge is 0.416 e. The Morgan fingerprint density at radius 2 is 2.05 bits per heavy atom. The lowest BCUT2D eigenvalue weighted by atomic mass is 10.1. The normalized spacial score (nSPS) is 13.2. The van der Waals surface area contributed by atoms with Crippen LogP contribution in [0.15, 0.2) is 30.6 Å². The van der Waals surface area contributed by atoms with Gasteiger partial charge in [-0.2, -0.15) is 18.3 Å². The molecule has 0 aliphatic carbocycles. The molecule has 21 heavy (non-hydrogen) atoms. The maximum atomic E-state index is 12.8. The molecule has 1 aromatic carbocycles. The van der Waals surface area contributed by atoms with Crippen LogP contribution in [-0.2, 0) is 12.7 Å². The van der Waals surface area contributed by atoms with Gasteiger partial charge in [-0.25, -0.2) is 0 Å². The van der Waals surface area contributed by atoms with Crippen LogP contribution < -0.4 is 5.32 Å². The van der Waals surface area contributed by atoms with E-state index in [2.05, 4.69) is 10.4 Å². The van der Waals surface area contributed by atoms with E-state index >= 15 is 0 Å². The number of rotatable bonds is 4. The second kappa shape index (κ2) is 5.79. The molecule has 0 aliphatic rings. The quantitative estimate of drug-likeness (QED) is 0.906. The Morgan fingerprint density at radius 1 is 1.33 bits per heavy atom. The van der Waals surface area contributed by atoms with Crippen molar-refractivity contribution < 1.29 is 13.2 Å². The zero-order valence-electron chi connectivity index (χ0n) is 12.2. The number of nitrogens with zero attached hydrogens (tertiary/aromatic N) is 2.